The molecule has 0 N–H and O–H groups in total. The number of methoxy groups -OCH3 is 1. The Labute approximate surface area is 91.9 Å². The Bertz CT molecular complexity index is 299. The maximum absolute atomic E-state index is 10.9. The molecule has 0 fully saturated rings. The molecular formula is C9H13NO2S2. The monoisotopic (exact) mass is 231 g/mol. The summed E-state index contributed by atoms with van der Waals surface area (Å²) in [5.41, 5.74) is 0.813. The Morgan fingerprint density at radius 1 is 1.71 bits per heavy atom. The third-order valence-corrected chi connectivity index (χ3v) is 3.55. The van der Waals surface area contributed by atoms with E-state index in [9.17, 15) is 4.79 Å². The van der Waals surface area contributed by atoms with Crippen LogP contribution in [0.1, 0.15) is 17.6 Å². The molecule has 0 aliphatic carbocycles. The van der Waals surface area contributed by atoms with Crippen LogP contribution in [0.4, 0.5) is 0 Å². The smallest absolute Gasteiger partial charge is 0.311 e. The third kappa shape index (κ3) is 3.67. The number of rotatable bonds is 5. The molecular weight excluding hydrogens is 218 g/mol. The average molecular weight is 231 g/mol. The highest BCUT2D eigenvalue weighted by Crippen LogP contribution is 2.16. The first-order valence-electron chi connectivity index (χ1n) is 4.34. The molecule has 1 aromatic rings. The number of carbonyl (C=O) groups is 1. The van der Waals surface area contributed by atoms with Crippen LogP contribution in [0.2, 0.25) is 0 Å². The molecule has 3 nitrogen and oxygen atoms in total. The van der Waals surface area contributed by atoms with Gasteiger partial charge in [0.25, 0.3) is 0 Å². The highest BCUT2D eigenvalue weighted by atomic mass is 32.2. The molecule has 1 heterocycles. The van der Waals surface area contributed by atoms with Gasteiger partial charge in [0.15, 0.2) is 0 Å². The van der Waals surface area contributed by atoms with Crippen molar-refractivity contribution in [2.24, 2.45) is 0 Å². The zero-order valence-electron chi connectivity index (χ0n) is 8.28. The van der Waals surface area contributed by atoms with Crippen molar-refractivity contribution < 1.29 is 9.53 Å². The SMILES string of the molecule is CCSCc1nc(CC(=O)OC)cs1. The van der Waals surface area contributed by atoms with Gasteiger partial charge >= 0.3 is 5.97 Å². The van der Waals surface area contributed by atoms with Crippen molar-refractivity contribution in [1.82, 2.24) is 4.98 Å². The Morgan fingerprint density at radius 2 is 2.50 bits per heavy atom. The number of esters is 1. The van der Waals surface area contributed by atoms with Crippen molar-refractivity contribution >= 4 is 29.1 Å². The van der Waals surface area contributed by atoms with Gasteiger partial charge in [0.2, 0.25) is 0 Å². The fourth-order valence-corrected chi connectivity index (χ4v) is 2.45. The van der Waals surface area contributed by atoms with E-state index >= 15 is 0 Å². The van der Waals surface area contributed by atoms with Crippen molar-refractivity contribution in [3.63, 3.8) is 0 Å². The fourth-order valence-electron chi connectivity index (χ4n) is 0.906. The van der Waals surface area contributed by atoms with Crippen molar-refractivity contribution in [3.05, 3.63) is 16.1 Å². The molecule has 0 bridgehead atoms. The van der Waals surface area contributed by atoms with Gasteiger partial charge in [-0.2, -0.15) is 11.8 Å². The lowest BCUT2D eigenvalue weighted by Gasteiger charge is -1.94. The molecule has 0 aromatic carbocycles. The van der Waals surface area contributed by atoms with E-state index in [1.54, 1.807) is 11.3 Å². The second-order valence-electron chi connectivity index (χ2n) is 2.62. The summed E-state index contributed by atoms with van der Waals surface area (Å²) in [5, 5.41) is 3.00. The number of thioether (sulfide) groups is 1. The van der Waals surface area contributed by atoms with Crippen LogP contribution in [-0.2, 0) is 21.7 Å². The van der Waals surface area contributed by atoms with Gasteiger partial charge < -0.3 is 4.74 Å². The summed E-state index contributed by atoms with van der Waals surface area (Å²) in [6.07, 6.45) is 0.282. The minimum absolute atomic E-state index is 0.231. The number of ether oxygens (including phenoxy) is 1. The average Bonchev–Trinajstić information content (AvgIpc) is 2.62. The lowest BCUT2D eigenvalue weighted by atomic mass is 10.3. The second-order valence-corrected chi connectivity index (χ2v) is 4.84. The molecule has 0 aliphatic heterocycles. The summed E-state index contributed by atoms with van der Waals surface area (Å²) in [6.45, 7) is 2.12. The highest BCUT2D eigenvalue weighted by Gasteiger charge is 2.06. The van der Waals surface area contributed by atoms with Gasteiger partial charge in [-0.3, -0.25) is 4.79 Å². The number of thiazole rings is 1. The summed E-state index contributed by atoms with van der Waals surface area (Å²) < 4.78 is 4.57. The van der Waals surface area contributed by atoms with Crippen LogP contribution in [0.5, 0.6) is 0 Å². The molecule has 0 saturated heterocycles. The number of aromatic nitrogens is 1. The van der Waals surface area contributed by atoms with Crippen LogP contribution in [-0.4, -0.2) is 23.8 Å². The Morgan fingerprint density at radius 3 is 3.14 bits per heavy atom. The normalized spacial score (nSPS) is 10.1. The first-order valence-corrected chi connectivity index (χ1v) is 6.37. The number of carbonyl (C=O) groups excluding carboxylic acids is 1. The third-order valence-electron chi connectivity index (χ3n) is 1.58. The van der Waals surface area contributed by atoms with Crippen LogP contribution in [0.25, 0.3) is 0 Å². The van der Waals surface area contributed by atoms with E-state index in [2.05, 4.69) is 16.6 Å². The molecule has 0 radical (unpaired) electrons. The predicted molar refractivity (Wildman–Crippen MR) is 59.7 cm³/mol. The van der Waals surface area contributed by atoms with Crippen molar-refractivity contribution in [1.29, 1.82) is 0 Å². The van der Waals surface area contributed by atoms with E-state index in [1.807, 2.05) is 17.1 Å². The van der Waals surface area contributed by atoms with Gasteiger partial charge in [-0.15, -0.1) is 11.3 Å². The maximum atomic E-state index is 10.9. The molecule has 0 spiro atoms. The van der Waals surface area contributed by atoms with Crippen LogP contribution in [0, 0.1) is 0 Å². The Balaban J connectivity index is 2.46. The summed E-state index contributed by atoms with van der Waals surface area (Å²) in [4.78, 5) is 15.3. The largest absolute Gasteiger partial charge is 0.469 e. The van der Waals surface area contributed by atoms with Crippen LogP contribution in [0.3, 0.4) is 0 Å². The predicted octanol–water partition coefficient (Wildman–Crippen LogP) is 2.11. The maximum Gasteiger partial charge on any atom is 0.311 e. The van der Waals surface area contributed by atoms with Crippen LogP contribution in [0.15, 0.2) is 5.38 Å². The van der Waals surface area contributed by atoms with E-state index in [0.29, 0.717) is 0 Å². The van der Waals surface area contributed by atoms with Gasteiger partial charge in [-0.25, -0.2) is 4.98 Å². The van der Waals surface area contributed by atoms with Crippen LogP contribution >= 0.6 is 23.1 Å². The number of hydrogen-bond acceptors (Lipinski definition) is 5. The first kappa shape index (κ1) is 11.5. The Kier molecular flexibility index (Phi) is 4.97. The lowest BCUT2D eigenvalue weighted by molar-refractivity contribution is -0.139. The molecule has 0 atom stereocenters. The van der Waals surface area contributed by atoms with Gasteiger partial charge in [-0.05, 0) is 5.75 Å². The molecule has 5 heteroatoms. The van der Waals surface area contributed by atoms with Crippen LogP contribution < -0.4 is 0 Å². The van der Waals surface area contributed by atoms with Gasteiger partial charge in [0, 0.05) is 11.1 Å². The van der Waals surface area contributed by atoms with E-state index in [-0.39, 0.29) is 12.4 Å². The molecule has 0 saturated carbocycles. The minimum Gasteiger partial charge on any atom is -0.469 e. The second kappa shape index (κ2) is 6.03. The van der Waals surface area contributed by atoms with E-state index in [0.717, 1.165) is 22.2 Å². The fraction of sp³-hybridized carbons (Fsp3) is 0.556. The van der Waals surface area contributed by atoms with Crippen molar-refractivity contribution in [2.45, 2.75) is 19.1 Å². The summed E-state index contributed by atoms with van der Waals surface area (Å²) in [6, 6.07) is 0. The molecule has 0 amide bonds. The summed E-state index contributed by atoms with van der Waals surface area (Å²) in [7, 11) is 1.39. The molecule has 0 aliphatic rings. The highest BCUT2D eigenvalue weighted by molar-refractivity contribution is 7.98. The Hall–Kier alpha value is -0.550. The van der Waals surface area contributed by atoms with Gasteiger partial charge in [0.1, 0.15) is 5.01 Å². The van der Waals surface area contributed by atoms with E-state index < -0.39 is 0 Å². The molecule has 78 valence electrons. The molecule has 1 rings (SSSR count). The van der Waals surface area contributed by atoms with Crippen molar-refractivity contribution in [2.75, 3.05) is 12.9 Å². The molecule has 0 unspecified atom stereocenters. The molecule has 14 heavy (non-hydrogen) atoms. The summed E-state index contributed by atoms with van der Waals surface area (Å²) in [5.74, 6) is 1.79. The topological polar surface area (TPSA) is 39.2 Å². The lowest BCUT2D eigenvalue weighted by Crippen LogP contribution is -2.04. The van der Waals surface area contributed by atoms with Crippen molar-refractivity contribution in [3.8, 4) is 0 Å². The quantitative estimate of drug-likeness (QED) is 0.728. The standard InChI is InChI=1S/C9H13NO2S2/c1-3-13-6-8-10-7(5-14-8)4-9(11)12-2/h5H,3-4,6H2,1-2H3. The zero-order chi connectivity index (χ0) is 10.4. The zero-order valence-corrected chi connectivity index (χ0v) is 9.91. The van der Waals surface area contributed by atoms with E-state index in [1.165, 1.54) is 7.11 Å². The number of nitrogens with zero attached hydrogens (tertiary/aromatic N) is 1. The minimum atomic E-state index is -0.231. The van der Waals surface area contributed by atoms with Gasteiger partial charge in [-0.1, -0.05) is 6.92 Å². The molecule has 1 aromatic heterocycles. The van der Waals surface area contributed by atoms with Gasteiger partial charge in [0.05, 0.1) is 19.2 Å². The summed E-state index contributed by atoms with van der Waals surface area (Å²) >= 11 is 3.43. The van der Waals surface area contributed by atoms with E-state index in [4.69, 9.17) is 0 Å². The number of hydrogen-bond donors (Lipinski definition) is 0. The first-order chi connectivity index (χ1) is 6.76.